The minimum absolute atomic E-state index is 0.0353. The van der Waals surface area contributed by atoms with Crippen molar-refractivity contribution in [3.05, 3.63) is 71.2 Å². The topological polar surface area (TPSA) is 86.2 Å². The van der Waals surface area contributed by atoms with E-state index in [-0.39, 0.29) is 10.5 Å². The zero-order chi connectivity index (χ0) is 21.8. The third kappa shape index (κ3) is 3.02. The Morgan fingerprint density at radius 3 is 2.32 bits per heavy atom. The molecule has 31 heavy (non-hydrogen) atoms. The second-order valence-corrected chi connectivity index (χ2v) is 9.02. The number of oxazole rings is 1. The maximum absolute atomic E-state index is 13.0. The minimum atomic E-state index is -3.86. The van der Waals surface area contributed by atoms with Crippen LogP contribution in [0, 0.1) is 0 Å². The summed E-state index contributed by atoms with van der Waals surface area (Å²) in [6, 6.07) is 18.1. The third-order valence-corrected chi connectivity index (χ3v) is 6.99. The molecule has 0 saturated carbocycles. The van der Waals surface area contributed by atoms with Crippen molar-refractivity contribution in [1.29, 1.82) is 0 Å². The molecule has 0 aliphatic rings. The van der Waals surface area contributed by atoms with Gasteiger partial charge in [-0.15, -0.1) is 0 Å². The molecule has 0 spiro atoms. The minimum Gasteiger partial charge on any atom is -0.408 e. The summed E-state index contributed by atoms with van der Waals surface area (Å²) in [5.41, 5.74) is 3.45. The van der Waals surface area contributed by atoms with E-state index in [0.717, 1.165) is 28.4 Å². The molecule has 0 atom stereocenters. The van der Waals surface area contributed by atoms with Gasteiger partial charge in [0.15, 0.2) is 5.58 Å². The predicted octanol–water partition coefficient (Wildman–Crippen LogP) is 4.54. The number of fused-ring (bicyclic) bond motifs is 4. The van der Waals surface area contributed by atoms with Gasteiger partial charge in [0.2, 0.25) is 0 Å². The molecule has 158 valence electrons. The van der Waals surface area contributed by atoms with Gasteiger partial charge >= 0.3 is 5.76 Å². The molecule has 8 heteroatoms. The van der Waals surface area contributed by atoms with Crippen LogP contribution in [0.25, 0.3) is 32.9 Å². The Kier molecular flexibility index (Phi) is 4.40. The maximum atomic E-state index is 13.0. The average molecular weight is 436 g/mol. The van der Waals surface area contributed by atoms with E-state index in [2.05, 4.69) is 22.3 Å². The number of sulfonamides is 1. The van der Waals surface area contributed by atoms with Crippen LogP contribution >= 0.6 is 0 Å². The molecule has 2 aromatic heterocycles. The fourth-order valence-corrected chi connectivity index (χ4v) is 5.25. The Balaban J connectivity index is 1.58. The maximum Gasteiger partial charge on any atom is 0.419 e. The van der Waals surface area contributed by atoms with E-state index in [9.17, 15) is 13.2 Å². The van der Waals surface area contributed by atoms with Gasteiger partial charge in [0.25, 0.3) is 10.0 Å². The van der Waals surface area contributed by atoms with Crippen LogP contribution in [-0.2, 0) is 23.1 Å². The Hall–Kier alpha value is -3.52. The van der Waals surface area contributed by atoms with E-state index in [1.807, 2.05) is 37.3 Å². The van der Waals surface area contributed by atoms with Crippen LogP contribution in [0.3, 0.4) is 0 Å². The summed E-state index contributed by atoms with van der Waals surface area (Å²) >= 11 is 0. The zero-order valence-corrected chi connectivity index (χ0v) is 17.9. The van der Waals surface area contributed by atoms with E-state index in [1.165, 1.54) is 16.7 Å². The molecule has 5 aromatic rings. The number of para-hydroxylation sites is 1. The van der Waals surface area contributed by atoms with Gasteiger partial charge in [-0.05, 0) is 50.2 Å². The van der Waals surface area contributed by atoms with Gasteiger partial charge in [-0.2, -0.15) is 0 Å². The number of nitrogens with zero attached hydrogens (tertiary/aromatic N) is 2. The van der Waals surface area contributed by atoms with Crippen molar-refractivity contribution in [2.75, 3.05) is 4.72 Å². The lowest BCUT2D eigenvalue weighted by atomic mass is 10.1. The fraction of sp³-hybridized carbons (Fsp3) is 0.174. The van der Waals surface area contributed by atoms with Crippen LogP contribution in [0.4, 0.5) is 5.69 Å². The van der Waals surface area contributed by atoms with Crippen LogP contribution in [0.5, 0.6) is 0 Å². The SMILES string of the molecule is CCn1c(=O)oc2cc(S(=O)(=O)Nc3ccc4c(c3)c3ccccc3n4CC)ccc21. The largest absolute Gasteiger partial charge is 0.419 e. The average Bonchev–Trinajstić information content (AvgIpc) is 3.25. The summed E-state index contributed by atoms with van der Waals surface area (Å²) in [6.07, 6.45) is 0. The quantitative estimate of drug-likeness (QED) is 0.439. The molecule has 5 rings (SSSR count). The number of hydrogen-bond acceptors (Lipinski definition) is 4. The summed E-state index contributed by atoms with van der Waals surface area (Å²) in [6.45, 7) is 5.18. The van der Waals surface area contributed by atoms with Gasteiger partial charge < -0.3 is 8.98 Å². The van der Waals surface area contributed by atoms with Gasteiger partial charge in [0.1, 0.15) is 0 Å². The lowest BCUT2D eigenvalue weighted by molar-refractivity contribution is 0.512. The van der Waals surface area contributed by atoms with Gasteiger partial charge in [-0.1, -0.05) is 18.2 Å². The number of aromatic nitrogens is 2. The second kappa shape index (κ2) is 7.02. The lowest BCUT2D eigenvalue weighted by Crippen LogP contribution is -2.13. The standard InChI is InChI=1S/C23H21N3O4S/c1-3-25-19-8-6-5-7-17(19)18-13-15(9-11-20(18)25)24-31(28,29)16-10-12-21-22(14-16)30-23(27)26(21)4-2/h5-14,24H,3-4H2,1-2H3. The normalized spacial score (nSPS) is 12.2. The summed E-state index contributed by atoms with van der Waals surface area (Å²) in [7, 11) is -3.86. The van der Waals surface area contributed by atoms with Crippen LogP contribution in [0.1, 0.15) is 13.8 Å². The summed E-state index contributed by atoms with van der Waals surface area (Å²) in [5.74, 6) is -0.502. The van der Waals surface area contributed by atoms with Crippen molar-refractivity contribution >= 4 is 48.6 Å². The Morgan fingerprint density at radius 2 is 1.55 bits per heavy atom. The Morgan fingerprint density at radius 1 is 0.839 bits per heavy atom. The third-order valence-electron chi connectivity index (χ3n) is 5.61. The van der Waals surface area contributed by atoms with Crippen molar-refractivity contribution < 1.29 is 12.8 Å². The second-order valence-electron chi connectivity index (χ2n) is 7.34. The first-order chi connectivity index (χ1) is 14.9. The Labute approximate surface area is 178 Å². The number of anilines is 1. The highest BCUT2D eigenvalue weighted by atomic mass is 32.2. The number of nitrogens with one attached hydrogen (secondary N) is 1. The van der Waals surface area contributed by atoms with Crippen molar-refractivity contribution in [2.45, 2.75) is 31.8 Å². The predicted molar refractivity (Wildman–Crippen MR) is 122 cm³/mol. The molecule has 0 aliphatic carbocycles. The molecule has 0 aliphatic heterocycles. The molecule has 3 aromatic carbocycles. The summed E-state index contributed by atoms with van der Waals surface area (Å²) < 4.78 is 37.6. The van der Waals surface area contributed by atoms with Crippen LogP contribution < -0.4 is 10.5 Å². The molecule has 0 saturated heterocycles. The van der Waals surface area contributed by atoms with Crippen LogP contribution in [0.15, 0.2) is 74.8 Å². The van der Waals surface area contributed by atoms with E-state index < -0.39 is 15.8 Å². The van der Waals surface area contributed by atoms with E-state index >= 15 is 0 Å². The number of rotatable bonds is 5. The first-order valence-electron chi connectivity index (χ1n) is 10.1. The van der Waals surface area contributed by atoms with Crippen molar-refractivity contribution in [2.24, 2.45) is 0 Å². The first-order valence-corrected chi connectivity index (χ1v) is 11.6. The molecule has 1 N–H and O–H groups in total. The van der Waals surface area contributed by atoms with E-state index in [0.29, 0.717) is 17.7 Å². The highest BCUT2D eigenvalue weighted by Gasteiger charge is 2.18. The number of benzene rings is 3. The molecule has 2 heterocycles. The Bertz CT molecular complexity index is 1620. The first kappa shape index (κ1) is 19.4. The fourth-order valence-electron chi connectivity index (χ4n) is 4.19. The van der Waals surface area contributed by atoms with Gasteiger partial charge in [0.05, 0.1) is 10.4 Å². The van der Waals surface area contributed by atoms with Crippen LogP contribution in [-0.4, -0.2) is 17.6 Å². The monoisotopic (exact) mass is 435 g/mol. The van der Waals surface area contributed by atoms with Crippen molar-refractivity contribution in [3.63, 3.8) is 0 Å². The molecule has 0 unspecified atom stereocenters. The van der Waals surface area contributed by atoms with Crippen LogP contribution in [0.2, 0.25) is 0 Å². The molecule has 7 nitrogen and oxygen atoms in total. The molecular weight excluding hydrogens is 414 g/mol. The van der Waals surface area contributed by atoms with E-state index in [1.54, 1.807) is 12.1 Å². The van der Waals surface area contributed by atoms with Gasteiger partial charge in [-0.3, -0.25) is 9.29 Å². The highest BCUT2D eigenvalue weighted by Crippen LogP contribution is 2.31. The number of hydrogen-bond donors (Lipinski definition) is 1. The smallest absolute Gasteiger partial charge is 0.408 e. The van der Waals surface area contributed by atoms with Gasteiger partial charge in [-0.25, -0.2) is 13.2 Å². The number of aryl methyl sites for hydroxylation is 2. The molecule has 0 fully saturated rings. The van der Waals surface area contributed by atoms with Crippen molar-refractivity contribution in [3.8, 4) is 0 Å². The van der Waals surface area contributed by atoms with E-state index in [4.69, 9.17) is 4.42 Å². The zero-order valence-electron chi connectivity index (χ0n) is 17.1. The molecule has 0 radical (unpaired) electrons. The molecular formula is C23H21N3O4S. The highest BCUT2D eigenvalue weighted by molar-refractivity contribution is 7.92. The summed E-state index contributed by atoms with van der Waals surface area (Å²) in [5, 5.41) is 2.06. The molecule has 0 bridgehead atoms. The van der Waals surface area contributed by atoms with Gasteiger partial charge in [0, 0.05) is 46.6 Å². The summed E-state index contributed by atoms with van der Waals surface area (Å²) in [4.78, 5) is 11.9. The lowest BCUT2D eigenvalue weighted by Gasteiger charge is -2.09. The van der Waals surface area contributed by atoms with Crippen molar-refractivity contribution in [1.82, 2.24) is 9.13 Å². The molecule has 0 amide bonds.